The van der Waals surface area contributed by atoms with Crippen molar-refractivity contribution in [2.75, 3.05) is 6.54 Å². The van der Waals surface area contributed by atoms with Crippen molar-refractivity contribution < 1.29 is 4.52 Å². The van der Waals surface area contributed by atoms with Crippen molar-refractivity contribution in [2.45, 2.75) is 32.7 Å². The van der Waals surface area contributed by atoms with Gasteiger partial charge >= 0.3 is 0 Å². The number of aromatic nitrogens is 2. The number of nitrogens with zero attached hydrogens (tertiary/aromatic N) is 2. The van der Waals surface area contributed by atoms with E-state index in [1.54, 1.807) is 0 Å². The van der Waals surface area contributed by atoms with Gasteiger partial charge in [-0.1, -0.05) is 40.1 Å². The Morgan fingerprint density at radius 2 is 2.26 bits per heavy atom. The van der Waals surface area contributed by atoms with Crippen molar-refractivity contribution >= 4 is 15.9 Å². The molecular formula is C14H18BrN3O. The highest BCUT2D eigenvalue weighted by atomic mass is 79.9. The van der Waals surface area contributed by atoms with E-state index in [0.717, 1.165) is 23.3 Å². The highest BCUT2D eigenvalue weighted by Crippen LogP contribution is 2.14. The molecule has 1 aromatic heterocycles. The molecule has 0 aliphatic carbocycles. The summed E-state index contributed by atoms with van der Waals surface area (Å²) in [5, 5.41) is 7.35. The Labute approximate surface area is 121 Å². The highest BCUT2D eigenvalue weighted by Gasteiger charge is 2.10. The van der Waals surface area contributed by atoms with Crippen molar-refractivity contribution in [3.63, 3.8) is 0 Å². The zero-order valence-electron chi connectivity index (χ0n) is 11.2. The lowest BCUT2D eigenvalue weighted by atomic mass is 10.1. The first kappa shape index (κ1) is 14.2. The van der Waals surface area contributed by atoms with Gasteiger partial charge in [-0.05, 0) is 31.2 Å². The van der Waals surface area contributed by atoms with Crippen molar-refractivity contribution in [1.82, 2.24) is 15.5 Å². The molecule has 4 nitrogen and oxygen atoms in total. The van der Waals surface area contributed by atoms with E-state index in [9.17, 15) is 0 Å². The molecule has 1 atom stereocenters. The molecule has 102 valence electrons. The third-order valence-electron chi connectivity index (χ3n) is 2.79. The first-order valence-corrected chi connectivity index (χ1v) is 7.26. The summed E-state index contributed by atoms with van der Waals surface area (Å²) in [5.74, 6) is 1.43. The second-order valence-electron chi connectivity index (χ2n) is 4.57. The van der Waals surface area contributed by atoms with Crippen LogP contribution in [0.25, 0.3) is 0 Å². The van der Waals surface area contributed by atoms with Gasteiger partial charge in [0.2, 0.25) is 5.89 Å². The predicted molar refractivity (Wildman–Crippen MR) is 78.1 cm³/mol. The minimum atomic E-state index is 0.351. The molecule has 19 heavy (non-hydrogen) atoms. The van der Waals surface area contributed by atoms with Gasteiger partial charge in [-0.25, -0.2) is 0 Å². The zero-order valence-corrected chi connectivity index (χ0v) is 12.8. The molecule has 1 unspecified atom stereocenters. The maximum atomic E-state index is 5.27. The second kappa shape index (κ2) is 6.82. The van der Waals surface area contributed by atoms with Gasteiger partial charge in [-0.2, -0.15) is 4.98 Å². The Balaban J connectivity index is 1.97. The molecule has 0 aliphatic rings. The molecule has 0 aliphatic heterocycles. The van der Waals surface area contributed by atoms with Crippen molar-refractivity contribution in [2.24, 2.45) is 0 Å². The third-order valence-corrected chi connectivity index (χ3v) is 3.29. The summed E-state index contributed by atoms with van der Waals surface area (Å²) in [6.07, 6.45) is 1.46. The summed E-state index contributed by atoms with van der Waals surface area (Å²) < 4.78 is 6.34. The fourth-order valence-electron chi connectivity index (χ4n) is 1.96. The first-order valence-electron chi connectivity index (χ1n) is 6.46. The summed E-state index contributed by atoms with van der Waals surface area (Å²) in [6.45, 7) is 5.14. The second-order valence-corrected chi connectivity index (χ2v) is 5.49. The van der Waals surface area contributed by atoms with E-state index in [2.05, 4.69) is 57.4 Å². The van der Waals surface area contributed by atoms with E-state index in [0.29, 0.717) is 18.4 Å². The van der Waals surface area contributed by atoms with E-state index in [1.165, 1.54) is 5.56 Å². The van der Waals surface area contributed by atoms with Crippen LogP contribution in [-0.4, -0.2) is 22.7 Å². The van der Waals surface area contributed by atoms with Crippen LogP contribution in [0.2, 0.25) is 0 Å². The first-order chi connectivity index (χ1) is 9.17. The number of hydrogen-bond donors (Lipinski definition) is 1. The highest BCUT2D eigenvalue weighted by molar-refractivity contribution is 9.10. The lowest BCUT2D eigenvalue weighted by molar-refractivity contribution is 0.359. The molecule has 0 amide bonds. The third kappa shape index (κ3) is 4.44. The van der Waals surface area contributed by atoms with Crippen molar-refractivity contribution in [3.05, 3.63) is 46.0 Å². The molecule has 1 N–H and O–H groups in total. The molecule has 1 heterocycles. The van der Waals surface area contributed by atoms with Gasteiger partial charge in [0, 0.05) is 23.4 Å². The molecule has 0 saturated carbocycles. The van der Waals surface area contributed by atoms with Crippen LogP contribution in [0.5, 0.6) is 0 Å². The van der Waals surface area contributed by atoms with Crippen LogP contribution in [0.15, 0.2) is 33.3 Å². The minimum absolute atomic E-state index is 0.351. The van der Waals surface area contributed by atoms with Crippen LogP contribution in [0.3, 0.4) is 0 Å². The molecule has 1 aromatic carbocycles. The van der Waals surface area contributed by atoms with E-state index < -0.39 is 0 Å². The summed E-state index contributed by atoms with van der Waals surface area (Å²) >= 11 is 3.46. The predicted octanol–water partition coefficient (Wildman–Crippen LogP) is 2.96. The maximum Gasteiger partial charge on any atom is 0.228 e. The smallest absolute Gasteiger partial charge is 0.228 e. The molecule has 0 fully saturated rings. The van der Waals surface area contributed by atoms with Crippen molar-refractivity contribution in [1.29, 1.82) is 0 Å². The maximum absolute atomic E-state index is 5.27. The molecule has 0 bridgehead atoms. The van der Waals surface area contributed by atoms with Crippen LogP contribution < -0.4 is 5.32 Å². The van der Waals surface area contributed by atoms with Gasteiger partial charge in [-0.15, -0.1) is 0 Å². The molecular weight excluding hydrogens is 306 g/mol. The average Bonchev–Trinajstić information content (AvgIpc) is 2.76. The van der Waals surface area contributed by atoms with Gasteiger partial charge in [0.1, 0.15) is 0 Å². The minimum Gasteiger partial charge on any atom is -0.339 e. The van der Waals surface area contributed by atoms with E-state index in [-0.39, 0.29) is 0 Å². The summed E-state index contributed by atoms with van der Waals surface area (Å²) in [6, 6.07) is 8.49. The molecule has 0 radical (unpaired) electrons. The fourth-order valence-corrected chi connectivity index (χ4v) is 2.40. The van der Waals surface area contributed by atoms with E-state index >= 15 is 0 Å². The number of likely N-dealkylation sites (N-methyl/N-ethyl adjacent to an activating group) is 1. The Morgan fingerprint density at radius 1 is 1.42 bits per heavy atom. The van der Waals surface area contributed by atoms with Crippen LogP contribution in [0.4, 0.5) is 0 Å². The van der Waals surface area contributed by atoms with E-state index in [4.69, 9.17) is 4.52 Å². The molecule has 0 spiro atoms. The summed E-state index contributed by atoms with van der Waals surface area (Å²) in [4.78, 5) is 4.42. The normalized spacial score (nSPS) is 12.6. The number of rotatable bonds is 6. The SMILES string of the molecule is CCNC(C)Cc1nc(Cc2cccc(Br)c2)no1. The Kier molecular flexibility index (Phi) is 5.10. The molecule has 2 aromatic rings. The van der Waals surface area contributed by atoms with Gasteiger partial charge in [0.15, 0.2) is 5.82 Å². The van der Waals surface area contributed by atoms with Gasteiger partial charge < -0.3 is 9.84 Å². The lowest BCUT2D eigenvalue weighted by Gasteiger charge is -2.07. The van der Waals surface area contributed by atoms with Gasteiger partial charge in [-0.3, -0.25) is 0 Å². The molecule has 0 saturated heterocycles. The summed E-state index contributed by atoms with van der Waals surface area (Å²) in [7, 11) is 0. The Bertz CT molecular complexity index is 527. The van der Waals surface area contributed by atoms with Crippen LogP contribution in [0, 0.1) is 0 Å². The average molecular weight is 324 g/mol. The van der Waals surface area contributed by atoms with Gasteiger partial charge in [0.05, 0.1) is 0 Å². The largest absolute Gasteiger partial charge is 0.339 e. The standard InChI is InChI=1S/C14H18BrN3O/c1-3-16-10(2)7-14-17-13(18-19-14)9-11-5-4-6-12(15)8-11/h4-6,8,10,16H,3,7,9H2,1-2H3. The van der Waals surface area contributed by atoms with Crippen LogP contribution in [0.1, 0.15) is 31.1 Å². The number of nitrogens with one attached hydrogen (secondary N) is 1. The Morgan fingerprint density at radius 3 is 3.00 bits per heavy atom. The number of benzene rings is 1. The number of hydrogen-bond acceptors (Lipinski definition) is 4. The van der Waals surface area contributed by atoms with Crippen LogP contribution in [-0.2, 0) is 12.8 Å². The fraction of sp³-hybridized carbons (Fsp3) is 0.429. The molecule has 5 heteroatoms. The molecule has 2 rings (SSSR count). The van der Waals surface area contributed by atoms with E-state index in [1.807, 2.05) is 12.1 Å². The van der Waals surface area contributed by atoms with Crippen molar-refractivity contribution in [3.8, 4) is 0 Å². The monoisotopic (exact) mass is 323 g/mol. The number of halogens is 1. The lowest BCUT2D eigenvalue weighted by Crippen LogP contribution is -2.27. The quantitative estimate of drug-likeness (QED) is 0.888. The van der Waals surface area contributed by atoms with Gasteiger partial charge in [0.25, 0.3) is 0 Å². The van der Waals surface area contributed by atoms with Crippen LogP contribution >= 0.6 is 15.9 Å². The summed E-state index contributed by atoms with van der Waals surface area (Å²) in [5.41, 5.74) is 1.17. The Hall–Kier alpha value is -1.20. The topological polar surface area (TPSA) is 51.0 Å². The zero-order chi connectivity index (χ0) is 13.7.